The molecule has 0 bridgehead atoms. The summed E-state index contributed by atoms with van der Waals surface area (Å²) in [4.78, 5) is 5.45. The third-order valence-electron chi connectivity index (χ3n) is 8.72. The number of aromatic nitrogens is 1. The number of hydrogen-bond donors (Lipinski definition) is 0. The molecule has 0 aliphatic rings. The van der Waals surface area contributed by atoms with E-state index in [4.69, 9.17) is 27.5 Å². The van der Waals surface area contributed by atoms with E-state index in [0.717, 1.165) is 27.5 Å². The van der Waals surface area contributed by atoms with Gasteiger partial charge in [0, 0.05) is 39.0 Å². The van der Waals surface area contributed by atoms with Gasteiger partial charge in [-0.15, -0.1) is 0 Å². The minimum Gasteiger partial charge on any atom is -0.456 e. The van der Waals surface area contributed by atoms with Crippen molar-refractivity contribution in [3.63, 3.8) is 0 Å². The average molecular weight is 669 g/mol. The highest BCUT2D eigenvalue weighted by Gasteiger charge is 2.19. The second-order valence-electron chi connectivity index (χ2n) is 11.7. The van der Waals surface area contributed by atoms with Crippen LogP contribution in [-0.4, -0.2) is 4.98 Å². The average Bonchev–Trinajstić information content (AvgIpc) is 3.91. The smallest absolute Gasteiger partial charge is 0.227 e. The van der Waals surface area contributed by atoms with Gasteiger partial charge in [-0.1, -0.05) is 103 Å². The molecule has 0 unspecified atom stereocenters. The van der Waals surface area contributed by atoms with E-state index in [-0.39, 0.29) is 11.1 Å². The van der Waals surface area contributed by atoms with Gasteiger partial charge in [0.2, 0.25) is 5.89 Å². The molecule has 10 rings (SSSR count). The van der Waals surface area contributed by atoms with Gasteiger partial charge < -0.3 is 13.7 Å². The molecule has 0 atom stereocenters. The number of benzene rings is 8. The summed E-state index contributed by atoms with van der Waals surface area (Å²) in [6.45, 7) is 0. The molecule has 240 valence electrons. The maximum absolute atomic E-state index is 9.39. The van der Waals surface area contributed by atoms with Crippen LogP contribution in [0, 0.1) is 0 Å². The standard InChI is InChI=1S/C47H30N2O2/c1-4-12-32(13-5-1)47-48-41-29-35(23-27-43(41)51-47)45-39-19-11-10-14-34(39)30-44-46(45)40-28-33(22-26-42(40)50-44)31-20-24-38(25-21-31)49(36-15-6-2-7-16-36)37-17-8-3-9-18-37/h1-30H/i2D,3D,6D,7D,8D,9D,15D,16D,17D,18D,20D,21D,24D,25D. The topological polar surface area (TPSA) is 42.4 Å². The van der Waals surface area contributed by atoms with E-state index in [9.17, 15) is 5.48 Å². The first-order valence-corrected chi connectivity index (χ1v) is 16.0. The van der Waals surface area contributed by atoms with Crippen molar-refractivity contribution < 1.29 is 28.0 Å². The molecule has 0 spiro atoms. The summed E-state index contributed by atoms with van der Waals surface area (Å²) >= 11 is 0. The number of oxazole rings is 1. The summed E-state index contributed by atoms with van der Waals surface area (Å²) in [6.07, 6.45) is 0. The Kier molecular flexibility index (Phi) is 4.24. The molecule has 10 aromatic rings. The Hall–Kier alpha value is -6.91. The predicted molar refractivity (Wildman–Crippen MR) is 210 cm³/mol. The highest BCUT2D eigenvalue weighted by Crippen LogP contribution is 2.44. The Morgan fingerprint density at radius 2 is 1.14 bits per heavy atom. The van der Waals surface area contributed by atoms with E-state index in [2.05, 4.69) is 0 Å². The first-order chi connectivity index (χ1) is 31.1. The van der Waals surface area contributed by atoms with Crippen molar-refractivity contribution in [2.75, 3.05) is 4.90 Å². The third kappa shape index (κ3) is 5.04. The molecule has 0 aliphatic heterocycles. The van der Waals surface area contributed by atoms with Crippen LogP contribution in [0.2, 0.25) is 0 Å². The van der Waals surface area contributed by atoms with E-state index in [0.29, 0.717) is 43.8 Å². The Balaban J connectivity index is 1.21. The van der Waals surface area contributed by atoms with Crippen LogP contribution < -0.4 is 4.90 Å². The lowest BCUT2D eigenvalue weighted by molar-refractivity contribution is 0.620. The van der Waals surface area contributed by atoms with Crippen LogP contribution in [0.15, 0.2) is 190 Å². The van der Waals surface area contributed by atoms with E-state index in [1.807, 2.05) is 78.9 Å². The summed E-state index contributed by atoms with van der Waals surface area (Å²) in [7, 11) is 0. The second-order valence-corrected chi connectivity index (χ2v) is 11.7. The zero-order valence-electron chi connectivity index (χ0n) is 40.4. The molecule has 0 N–H and O–H groups in total. The molecule has 0 amide bonds. The highest BCUT2D eigenvalue weighted by atomic mass is 16.3. The predicted octanol–water partition coefficient (Wildman–Crippen LogP) is 13.4. The Labute approximate surface area is 314 Å². The van der Waals surface area contributed by atoms with Crippen LogP contribution in [0.25, 0.3) is 77.5 Å². The summed E-state index contributed by atoms with van der Waals surface area (Å²) < 4.78 is 135. The number of hydrogen-bond acceptors (Lipinski definition) is 4. The van der Waals surface area contributed by atoms with E-state index in [1.54, 1.807) is 18.2 Å². The lowest BCUT2D eigenvalue weighted by Crippen LogP contribution is -2.09. The number of nitrogens with zero attached hydrogens (tertiary/aromatic N) is 2. The van der Waals surface area contributed by atoms with Crippen LogP contribution in [0.3, 0.4) is 0 Å². The summed E-state index contributed by atoms with van der Waals surface area (Å²) in [6, 6.07) is 18.8. The van der Waals surface area contributed by atoms with E-state index >= 15 is 0 Å². The van der Waals surface area contributed by atoms with Crippen molar-refractivity contribution >= 4 is 60.9 Å². The normalized spacial score (nSPS) is 15.4. The first kappa shape index (κ1) is 18.2. The molecule has 0 saturated heterocycles. The fraction of sp³-hybridized carbons (Fsp3) is 0. The summed E-state index contributed by atoms with van der Waals surface area (Å²) in [5.41, 5.74) is 2.55. The molecular weight excluding hydrogens is 625 g/mol. The van der Waals surface area contributed by atoms with Crippen molar-refractivity contribution in [1.29, 1.82) is 0 Å². The van der Waals surface area contributed by atoms with Gasteiger partial charge in [-0.2, -0.15) is 0 Å². The van der Waals surface area contributed by atoms with Crippen molar-refractivity contribution in [3.8, 4) is 33.7 Å². The number of anilines is 3. The monoisotopic (exact) mass is 668 g/mol. The van der Waals surface area contributed by atoms with Gasteiger partial charge in [-0.25, -0.2) is 4.98 Å². The van der Waals surface area contributed by atoms with Crippen molar-refractivity contribution in [2.45, 2.75) is 0 Å². The minimum atomic E-state index is -0.872. The molecule has 2 aromatic heterocycles. The minimum absolute atomic E-state index is 0.165. The zero-order valence-corrected chi connectivity index (χ0v) is 26.4. The van der Waals surface area contributed by atoms with Gasteiger partial charge in [0.25, 0.3) is 0 Å². The number of fused-ring (bicyclic) bond motifs is 5. The molecule has 0 fully saturated rings. The van der Waals surface area contributed by atoms with Crippen molar-refractivity contribution in [3.05, 3.63) is 182 Å². The van der Waals surface area contributed by atoms with Gasteiger partial charge >= 0.3 is 0 Å². The van der Waals surface area contributed by atoms with Gasteiger partial charge in [-0.3, -0.25) is 0 Å². The fourth-order valence-corrected chi connectivity index (χ4v) is 6.45. The van der Waals surface area contributed by atoms with Crippen LogP contribution >= 0.6 is 0 Å². The zero-order chi connectivity index (χ0) is 45.9. The Morgan fingerprint density at radius 3 is 1.90 bits per heavy atom. The van der Waals surface area contributed by atoms with Gasteiger partial charge in [0.15, 0.2) is 5.58 Å². The van der Waals surface area contributed by atoms with Crippen molar-refractivity contribution in [2.24, 2.45) is 0 Å². The Morgan fingerprint density at radius 1 is 0.471 bits per heavy atom. The largest absolute Gasteiger partial charge is 0.456 e. The maximum atomic E-state index is 9.39. The van der Waals surface area contributed by atoms with E-state index < -0.39 is 102 Å². The Bertz CT molecular complexity index is 3530. The number of rotatable bonds is 6. The molecule has 0 saturated carbocycles. The number of para-hydroxylation sites is 2. The second kappa shape index (κ2) is 11.9. The van der Waals surface area contributed by atoms with Gasteiger partial charge in [0.1, 0.15) is 16.7 Å². The maximum Gasteiger partial charge on any atom is 0.227 e. The van der Waals surface area contributed by atoms with Gasteiger partial charge in [-0.05, 0) is 106 Å². The molecule has 0 radical (unpaired) electrons. The molecule has 4 nitrogen and oxygen atoms in total. The highest BCUT2D eigenvalue weighted by molar-refractivity contribution is 6.21. The van der Waals surface area contributed by atoms with Crippen LogP contribution in [0.4, 0.5) is 17.1 Å². The first-order valence-electron chi connectivity index (χ1n) is 23.0. The lowest BCUT2D eigenvalue weighted by Gasteiger charge is -2.25. The van der Waals surface area contributed by atoms with Crippen LogP contribution in [-0.2, 0) is 0 Å². The van der Waals surface area contributed by atoms with Gasteiger partial charge in [0.05, 0.1) is 19.2 Å². The van der Waals surface area contributed by atoms with Crippen LogP contribution in [0.5, 0.6) is 0 Å². The van der Waals surface area contributed by atoms with Crippen LogP contribution in [0.1, 0.15) is 19.2 Å². The molecule has 2 heterocycles. The SMILES string of the molecule is [2H]c1c([2H])c([2H])c(N(c2c([2H])c([2H])c([2H])c([2H])c2[2H])c2c([2H])c([2H])c(-c3ccc4oc5cc6ccccc6c(-c6ccc7oc(-c8ccccc8)nc7c6)c5c4c3)c([2H])c2[2H])c([2H])c1[2H]. The summed E-state index contributed by atoms with van der Waals surface area (Å²) in [5.74, 6) is 0.468. The molecule has 51 heavy (non-hydrogen) atoms. The quantitative estimate of drug-likeness (QED) is 0.177. The fourth-order valence-electron chi connectivity index (χ4n) is 6.45. The lowest BCUT2D eigenvalue weighted by atomic mass is 9.92. The third-order valence-corrected chi connectivity index (χ3v) is 8.72. The number of furan rings is 1. The molecule has 8 aromatic carbocycles. The molecule has 4 heteroatoms. The van der Waals surface area contributed by atoms with Crippen molar-refractivity contribution in [1.82, 2.24) is 4.98 Å². The molecule has 0 aliphatic carbocycles. The van der Waals surface area contributed by atoms with E-state index in [1.165, 1.54) is 0 Å². The summed E-state index contributed by atoms with van der Waals surface area (Å²) in [5, 5.41) is 3.09. The molecular formula is C47H30N2O2.